The van der Waals surface area contributed by atoms with Crippen molar-refractivity contribution in [3.63, 3.8) is 0 Å². The Labute approximate surface area is 178 Å². The van der Waals surface area contributed by atoms with Crippen molar-refractivity contribution in [3.05, 3.63) is 99.5 Å². The van der Waals surface area contributed by atoms with Crippen molar-refractivity contribution < 1.29 is 14.3 Å². The van der Waals surface area contributed by atoms with Crippen LogP contribution in [0.3, 0.4) is 0 Å². The fraction of sp³-hybridized carbons (Fsp3) is 0.130. The number of ether oxygens (including phenoxy) is 1. The third kappa shape index (κ3) is 5.93. The van der Waals surface area contributed by atoms with Crippen LogP contribution < -0.4 is 15.6 Å². The summed E-state index contributed by atoms with van der Waals surface area (Å²) in [7, 11) is 0. The number of benzene rings is 3. The molecule has 6 heteroatoms. The van der Waals surface area contributed by atoms with E-state index in [-0.39, 0.29) is 5.91 Å². The van der Waals surface area contributed by atoms with E-state index < -0.39 is 5.91 Å². The zero-order valence-electron chi connectivity index (χ0n) is 15.9. The molecule has 0 spiro atoms. The van der Waals surface area contributed by atoms with E-state index in [0.29, 0.717) is 23.5 Å². The molecule has 3 rings (SSSR count). The van der Waals surface area contributed by atoms with E-state index in [1.807, 2.05) is 43.3 Å². The minimum Gasteiger partial charge on any atom is -0.492 e. The summed E-state index contributed by atoms with van der Waals surface area (Å²) in [6.45, 7) is 2.33. The molecule has 3 aromatic rings. The van der Waals surface area contributed by atoms with Crippen LogP contribution in [0.5, 0.6) is 5.75 Å². The van der Waals surface area contributed by atoms with Crippen LogP contribution in [0.15, 0.2) is 77.3 Å². The fourth-order valence-electron chi connectivity index (χ4n) is 2.77. The molecule has 2 amide bonds. The molecule has 0 aliphatic rings. The average Bonchev–Trinajstić information content (AvgIpc) is 2.73. The van der Waals surface area contributed by atoms with Gasteiger partial charge in [0.05, 0.1) is 12.2 Å². The van der Waals surface area contributed by atoms with Gasteiger partial charge >= 0.3 is 0 Å². The van der Waals surface area contributed by atoms with Gasteiger partial charge in [-0.2, -0.15) is 0 Å². The molecule has 0 unspecified atom stereocenters. The highest BCUT2D eigenvalue weighted by Gasteiger charge is 2.15. The monoisotopic (exact) mass is 452 g/mol. The van der Waals surface area contributed by atoms with Gasteiger partial charge in [0.15, 0.2) is 0 Å². The molecule has 0 aliphatic carbocycles. The smallest absolute Gasteiger partial charge is 0.273 e. The standard InChI is InChI=1S/C23H21BrN2O3/c1-16-6-5-9-18(14-16)22(27)25-26-23(28)20-15-19(24)10-11-21(20)29-13-12-17-7-3-2-4-8-17/h2-11,14-15H,12-13H2,1H3,(H,25,27)(H,26,28). The third-order valence-electron chi connectivity index (χ3n) is 4.25. The van der Waals surface area contributed by atoms with E-state index in [1.165, 1.54) is 0 Å². The van der Waals surface area contributed by atoms with Crippen molar-refractivity contribution in [2.75, 3.05) is 6.61 Å². The highest BCUT2D eigenvalue weighted by molar-refractivity contribution is 9.10. The molecular formula is C23H21BrN2O3. The topological polar surface area (TPSA) is 67.4 Å². The van der Waals surface area contributed by atoms with Gasteiger partial charge < -0.3 is 4.74 Å². The molecule has 0 saturated carbocycles. The SMILES string of the molecule is Cc1cccc(C(=O)NNC(=O)c2cc(Br)ccc2OCCc2ccccc2)c1. The number of carbonyl (C=O) groups excluding carboxylic acids is 2. The van der Waals surface area contributed by atoms with Crippen molar-refractivity contribution in [2.24, 2.45) is 0 Å². The van der Waals surface area contributed by atoms with Crippen molar-refractivity contribution >= 4 is 27.7 Å². The second-order valence-corrected chi connectivity index (χ2v) is 7.42. The first-order valence-corrected chi connectivity index (χ1v) is 9.96. The molecule has 0 aliphatic heterocycles. The van der Waals surface area contributed by atoms with Crippen LogP contribution in [-0.4, -0.2) is 18.4 Å². The summed E-state index contributed by atoms with van der Waals surface area (Å²) in [5, 5.41) is 0. The normalized spacial score (nSPS) is 10.3. The van der Waals surface area contributed by atoms with Gasteiger partial charge in [0.25, 0.3) is 11.8 Å². The summed E-state index contributed by atoms with van der Waals surface area (Å²) in [6.07, 6.45) is 0.724. The highest BCUT2D eigenvalue weighted by atomic mass is 79.9. The van der Waals surface area contributed by atoms with Gasteiger partial charge in [-0.15, -0.1) is 0 Å². The van der Waals surface area contributed by atoms with E-state index >= 15 is 0 Å². The maximum Gasteiger partial charge on any atom is 0.273 e. The molecule has 0 atom stereocenters. The number of hydrogen-bond acceptors (Lipinski definition) is 3. The predicted molar refractivity (Wildman–Crippen MR) is 116 cm³/mol. The number of rotatable bonds is 6. The number of carbonyl (C=O) groups is 2. The Kier molecular flexibility index (Phi) is 7.03. The van der Waals surface area contributed by atoms with Crippen molar-refractivity contribution in [3.8, 4) is 5.75 Å². The highest BCUT2D eigenvalue weighted by Crippen LogP contribution is 2.23. The molecule has 3 aromatic carbocycles. The van der Waals surface area contributed by atoms with Gasteiger partial charge in [-0.25, -0.2) is 0 Å². The minimum atomic E-state index is -0.456. The van der Waals surface area contributed by atoms with Crippen molar-refractivity contribution in [1.29, 1.82) is 0 Å². The van der Waals surface area contributed by atoms with Gasteiger partial charge in [0.1, 0.15) is 5.75 Å². The zero-order valence-corrected chi connectivity index (χ0v) is 17.5. The lowest BCUT2D eigenvalue weighted by atomic mass is 10.1. The molecule has 0 heterocycles. The van der Waals surface area contributed by atoms with E-state index in [4.69, 9.17) is 4.74 Å². The maximum atomic E-state index is 12.6. The maximum absolute atomic E-state index is 12.6. The third-order valence-corrected chi connectivity index (χ3v) is 4.74. The number of nitrogens with one attached hydrogen (secondary N) is 2. The lowest BCUT2D eigenvalue weighted by molar-refractivity contribution is 0.0844. The Hall–Kier alpha value is -3.12. The van der Waals surface area contributed by atoms with E-state index in [9.17, 15) is 9.59 Å². The molecule has 148 valence electrons. The van der Waals surface area contributed by atoms with Crippen LogP contribution in [0.25, 0.3) is 0 Å². The van der Waals surface area contributed by atoms with Crippen LogP contribution in [0, 0.1) is 6.92 Å². The molecular weight excluding hydrogens is 432 g/mol. The minimum absolute atomic E-state index is 0.331. The molecule has 0 radical (unpaired) electrons. The Morgan fingerprint density at radius 3 is 2.41 bits per heavy atom. The molecule has 2 N–H and O–H groups in total. The second kappa shape index (κ2) is 9.89. The Bertz CT molecular complexity index is 1010. The van der Waals surface area contributed by atoms with E-state index in [2.05, 4.69) is 26.8 Å². The second-order valence-electron chi connectivity index (χ2n) is 6.50. The fourth-order valence-corrected chi connectivity index (χ4v) is 3.13. The lowest BCUT2D eigenvalue weighted by Gasteiger charge is -2.13. The quantitative estimate of drug-likeness (QED) is 0.542. The van der Waals surface area contributed by atoms with Gasteiger partial charge in [0.2, 0.25) is 0 Å². The van der Waals surface area contributed by atoms with Crippen LogP contribution in [0.1, 0.15) is 31.8 Å². The molecule has 0 saturated heterocycles. The molecule has 5 nitrogen and oxygen atoms in total. The van der Waals surface area contributed by atoms with Crippen molar-refractivity contribution in [2.45, 2.75) is 13.3 Å². The molecule has 0 bridgehead atoms. The summed E-state index contributed by atoms with van der Waals surface area (Å²) in [5.41, 5.74) is 7.82. The number of hydrazine groups is 1. The summed E-state index contributed by atoms with van der Waals surface area (Å²) in [6, 6.07) is 22.3. The van der Waals surface area contributed by atoms with E-state index in [0.717, 1.165) is 22.0 Å². The van der Waals surface area contributed by atoms with E-state index in [1.54, 1.807) is 36.4 Å². The van der Waals surface area contributed by atoms with Crippen LogP contribution in [0.2, 0.25) is 0 Å². The largest absolute Gasteiger partial charge is 0.492 e. The lowest BCUT2D eigenvalue weighted by Crippen LogP contribution is -2.41. The first-order valence-electron chi connectivity index (χ1n) is 9.16. The summed E-state index contributed by atoms with van der Waals surface area (Å²) in [5.74, 6) is -0.392. The zero-order chi connectivity index (χ0) is 20.6. The summed E-state index contributed by atoms with van der Waals surface area (Å²) in [4.78, 5) is 24.9. The first-order chi connectivity index (χ1) is 14.0. The van der Waals surface area contributed by atoms with Crippen LogP contribution in [-0.2, 0) is 6.42 Å². The Morgan fingerprint density at radius 1 is 0.897 bits per heavy atom. The van der Waals surface area contributed by atoms with Gasteiger partial charge in [0, 0.05) is 16.5 Å². The van der Waals surface area contributed by atoms with Crippen LogP contribution in [0.4, 0.5) is 0 Å². The molecule has 0 aromatic heterocycles. The Morgan fingerprint density at radius 2 is 1.66 bits per heavy atom. The molecule has 29 heavy (non-hydrogen) atoms. The first kappa shape index (κ1) is 20.6. The van der Waals surface area contributed by atoms with Crippen LogP contribution >= 0.6 is 15.9 Å². The summed E-state index contributed by atoms with van der Waals surface area (Å²) < 4.78 is 6.57. The summed E-state index contributed by atoms with van der Waals surface area (Å²) >= 11 is 3.37. The number of halogens is 1. The van der Waals surface area contributed by atoms with Gasteiger partial charge in [-0.1, -0.05) is 64.0 Å². The van der Waals surface area contributed by atoms with Gasteiger partial charge in [-0.05, 0) is 42.8 Å². The predicted octanol–water partition coefficient (Wildman–Crippen LogP) is 4.45. The van der Waals surface area contributed by atoms with Crippen molar-refractivity contribution in [1.82, 2.24) is 10.9 Å². The Balaban J connectivity index is 1.63. The average molecular weight is 453 g/mol. The number of aryl methyl sites for hydroxylation is 1. The number of amides is 2. The molecule has 0 fully saturated rings. The van der Waals surface area contributed by atoms with Gasteiger partial charge in [-0.3, -0.25) is 20.4 Å². The number of hydrogen-bond donors (Lipinski definition) is 2.